The normalized spacial score (nSPS) is 13.7. The van der Waals surface area contributed by atoms with E-state index in [1.165, 1.54) is 10.4 Å². The van der Waals surface area contributed by atoms with Gasteiger partial charge < -0.3 is 10.4 Å². The molecular formula is C14H17N3O2S. The number of nitrogens with zero attached hydrogens (tertiary/aromatic N) is 2. The molecule has 5 nitrogen and oxygen atoms in total. The zero-order valence-electron chi connectivity index (χ0n) is 11.2. The lowest BCUT2D eigenvalue weighted by Crippen LogP contribution is -2.25. The molecule has 0 aliphatic heterocycles. The van der Waals surface area contributed by atoms with Crippen LogP contribution in [0.2, 0.25) is 0 Å². The van der Waals surface area contributed by atoms with Crippen molar-refractivity contribution in [2.75, 3.05) is 18.5 Å². The second kappa shape index (κ2) is 5.38. The number of fused-ring (bicyclic) bond motifs is 3. The van der Waals surface area contributed by atoms with E-state index in [4.69, 9.17) is 5.11 Å². The number of hydrogen-bond donors (Lipinski definition) is 2. The van der Waals surface area contributed by atoms with E-state index in [-0.39, 0.29) is 12.2 Å². The van der Waals surface area contributed by atoms with Gasteiger partial charge in [-0.15, -0.1) is 17.9 Å². The fourth-order valence-corrected chi connectivity index (χ4v) is 3.93. The van der Waals surface area contributed by atoms with Crippen molar-refractivity contribution in [3.8, 4) is 0 Å². The van der Waals surface area contributed by atoms with Crippen molar-refractivity contribution in [3.05, 3.63) is 33.4 Å². The van der Waals surface area contributed by atoms with Crippen LogP contribution in [0, 0.1) is 0 Å². The maximum absolute atomic E-state index is 12.7. The number of aryl methyl sites for hydroxylation is 2. The number of anilines is 1. The lowest BCUT2D eigenvalue weighted by molar-refractivity contribution is 0.310. The Morgan fingerprint density at radius 2 is 2.35 bits per heavy atom. The second-order valence-electron chi connectivity index (χ2n) is 4.83. The molecule has 0 fully saturated rings. The highest BCUT2D eigenvalue weighted by molar-refractivity contribution is 7.18. The van der Waals surface area contributed by atoms with Crippen LogP contribution in [0.25, 0.3) is 10.2 Å². The number of nitrogens with one attached hydrogen (secondary N) is 1. The standard InChI is InChI=1S/C14H17N3O2S/c1-2-7-17-13(19)11-9-4-3-5-10(9)20-12(11)16-14(17)15-6-8-18/h2,18H,1,3-8H2,(H,15,16). The first kappa shape index (κ1) is 13.3. The van der Waals surface area contributed by atoms with E-state index in [1.54, 1.807) is 22.0 Å². The summed E-state index contributed by atoms with van der Waals surface area (Å²) in [5.41, 5.74) is 1.18. The van der Waals surface area contributed by atoms with Gasteiger partial charge in [-0.1, -0.05) is 6.08 Å². The third-order valence-electron chi connectivity index (χ3n) is 3.53. The molecule has 3 rings (SSSR count). The molecule has 0 saturated heterocycles. The summed E-state index contributed by atoms with van der Waals surface area (Å²) in [6.07, 6.45) is 4.84. The molecule has 1 aliphatic carbocycles. The minimum Gasteiger partial charge on any atom is -0.395 e. The minimum atomic E-state index is -0.00487. The third-order valence-corrected chi connectivity index (χ3v) is 4.72. The monoisotopic (exact) mass is 291 g/mol. The fraction of sp³-hybridized carbons (Fsp3) is 0.429. The van der Waals surface area contributed by atoms with Gasteiger partial charge in [0.2, 0.25) is 5.95 Å². The first-order chi connectivity index (χ1) is 9.76. The smallest absolute Gasteiger partial charge is 0.264 e. The summed E-state index contributed by atoms with van der Waals surface area (Å²) >= 11 is 1.62. The van der Waals surface area contributed by atoms with Gasteiger partial charge in [-0.25, -0.2) is 4.98 Å². The van der Waals surface area contributed by atoms with Crippen LogP contribution in [0.3, 0.4) is 0 Å². The molecule has 20 heavy (non-hydrogen) atoms. The molecule has 2 N–H and O–H groups in total. The number of aliphatic hydroxyl groups is 1. The molecule has 0 radical (unpaired) electrons. The molecule has 1 aliphatic rings. The SMILES string of the molecule is C=CCn1c(NCCO)nc2sc3c(c2c1=O)CCC3. The van der Waals surface area contributed by atoms with Gasteiger partial charge in [-0.2, -0.15) is 0 Å². The van der Waals surface area contributed by atoms with Crippen molar-refractivity contribution in [1.29, 1.82) is 0 Å². The molecule has 0 bridgehead atoms. The molecule has 2 aromatic rings. The van der Waals surface area contributed by atoms with Crippen LogP contribution in [0.15, 0.2) is 17.4 Å². The van der Waals surface area contributed by atoms with Crippen LogP contribution >= 0.6 is 11.3 Å². The van der Waals surface area contributed by atoms with Gasteiger partial charge in [0, 0.05) is 18.0 Å². The van der Waals surface area contributed by atoms with Gasteiger partial charge in [0.1, 0.15) is 4.83 Å². The van der Waals surface area contributed by atoms with Gasteiger partial charge in [0.05, 0.1) is 12.0 Å². The maximum Gasteiger partial charge on any atom is 0.264 e. The zero-order chi connectivity index (χ0) is 14.1. The van der Waals surface area contributed by atoms with E-state index in [1.807, 2.05) is 0 Å². The molecule has 0 aromatic carbocycles. The summed E-state index contributed by atoms with van der Waals surface area (Å²) < 4.78 is 1.59. The van der Waals surface area contributed by atoms with Crippen LogP contribution in [0.4, 0.5) is 5.95 Å². The Morgan fingerprint density at radius 3 is 3.10 bits per heavy atom. The fourth-order valence-electron chi connectivity index (χ4n) is 2.68. The molecule has 106 valence electrons. The average molecular weight is 291 g/mol. The summed E-state index contributed by atoms with van der Waals surface area (Å²) in [5.74, 6) is 0.511. The molecular weight excluding hydrogens is 274 g/mol. The number of thiophene rings is 1. The number of aliphatic hydroxyl groups excluding tert-OH is 1. The van der Waals surface area contributed by atoms with Gasteiger partial charge in [0.25, 0.3) is 5.56 Å². The van der Waals surface area contributed by atoms with Crippen LogP contribution in [0.5, 0.6) is 0 Å². The minimum absolute atomic E-state index is 0.00291. The molecule has 0 unspecified atom stereocenters. The van der Waals surface area contributed by atoms with Crippen LogP contribution in [-0.2, 0) is 19.4 Å². The first-order valence-electron chi connectivity index (χ1n) is 6.77. The van der Waals surface area contributed by atoms with Crippen LogP contribution in [0.1, 0.15) is 16.9 Å². The van der Waals surface area contributed by atoms with Crippen molar-refractivity contribution < 1.29 is 5.11 Å². The molecule has 2 aromatic heterocycles. The Kier molecular flexibility index (Phi) is 3.58. The highest BCUT2D eigenvalue weighted by atomic mass is 32.1. The van der Waals surface area contributed by atoms with Crippen LogP contribution < -0.4 is 10.9 Å². The van der Waals surface area contributed by atoms with E-state index in [9.17, 15) is 4.79 Å². The predicted molar refractivity (Wildman–Crippen MR) is 81.7 cm³/mol. The van der Waals surface area contributed by atoms with E-state index in [2.05, 4.69) is 16.9 Å². The Bertz CT molecular complexity index is 717. The Balaban J connectivity index is 2.21. The lowest BCUT2D eigenvalue weighted by Gasteiger charge is -2.11. The quantitative estimate of drug-likeness (QED) is 0.820. The van der Waals surface area contributed by atoms with Crippen molar-refractivity contribution in [2.24, 2.45) is 0 Å². The first-order valence-corrected chi connectivity index (χ1v) is 7.58. The summed E-state index contributed by atoms with van der Waals surface area (Å²) in [5, 5.41) is 12.7. The Hall–Kier alpha value is -1.66. The van der Waals surface area contributed by atoms with Crippen molar-refractivity contribution in [2.45, 2.75) is 25.8 Å². The second-order valence-corrected chi connectivity index (χ2v) is 5.91. The number of allylic oxidation sites excluding steroid dienone is 1. The number of aromatic nitrogens is 2. The molecule has 2 heterocycles. The number of hydrogen-bond acceptors (Lipinski definition) is 5. The molecule has 0 amide bonds. The predicted octanol–water partition coefficient (Wildman–Crippen LogP) is 1.54. The highest BCUT2D eigenvalue weighted by Gasteiger charge is 2.22. The lowest BCUT2D eigenvalue weighted by atomic mass is 10.2. The molecule has 0 saturated carbocycles. The van der Waals surface area contributed by atoms with Crippen molar-refractivity contribution in [3.63, 3.8) is 0 Å². The van der Waals surface area contributed by atoms with Gasteiger partial charge >= 0.3 is 0 Å². The molecule has 0 spiro atoms. The third kappa shape index (κ3) is 2.05. The van der Waals surface area contributed by atoms with E-state index in [0.717, 1.165) is 29.5 Å². The molecule has 6 heteroatoms. The Morgan fingerprint density at radius 1 is 1.50 bits per heavy atom. The maximum atomic E-state index is 12.7. The zero-order valence-corrected chi connectivity index (χ0v) is 12.0. The van der Waals surface area contributed by atoms with Gasteiger partial charge in [-0.05, 0) is 24.8 Å². The molecule has 0 atom stereocenters. The van der Waals surface area contributed by atoms with E-state index < -0.39 is 0 Å². The van der Waals surface area contributed by atoms with Gasteiger partial charge in [-0.3, -0.25) is 9.36 Å². The summed E-state index contributed by atoms with van der Waals surface area (Å²) in [7, 11) is 0. The van der Waals surface area contributed by atoms with Gasteiger partial charge in [0.15, 0.2) is 0 Å². The average Bonchev–Trinajstić information content (AvgIpc) is 3.00. The summed E-state index contributed by atoms with van der Waals surface area (Å²) in [6.45, 7) is 4.49. The summed E-state index contributed by atoms with van der Waals surface area (Å²) in [4.78, 5) is 19.4. The number of rotatable bonds is 5. The summed E-state index contributed by atoms with van der Waals surface area (Å²) in [6, 6.07) is 0. The van der Waals surface area contributed by atoms with Crippen molar-refractivity contribution in [1.82, 2.24) is 9.55 Å². The largest absolute Gasteiger partial charge is 0.395 e. The van der Waals surface area contributed by atoms with Crippen LogP contribution in [-0.4, -0.2) is 27.8 Å². The van der Waals surface area contributed by atoms with E-state index >= 15 is 0 Å². The Labute approximate surface area is 120 Å². The topological polar surface area (TPSA) is 67.2 Å². The van der Waals surface area contributed by atoms with E-state index in [0.29, 0.717) is 19.0 Å². The highest BCUT2D eigenvalue weighted by Crippen LogP contribution is 2.35. The van der Waals surface area contributed by atoms with Crippen molar-refractivity contribution >= 4 is 27.5 Å².